The van der Waals surface area contributed by atoms with Gasteiger partial charge in [-0.05, 0) is 84.5 Å². The van der Waals surface area contributed by atoms with Crippen LogP contribution in [0.25, 0.3) is 0 Å². The second kappa shape index (κ2) is 8.40. The molecule has 0 spiro atoms. The lowest BCUT2D eigenvalue weighted by Gasteiger charge is -2.69. The van der Waals surface area contributed by atoms with Gasteiger partial charge in [0.05, 0.1) is 5.57 Å². The molecule has 7 atom stereocenters. The van der Waals surface area contributed by atoms with E-state index < -0.39 is 10.8 Å². The van der Waals surface area contributed by atoms with Crippen molar-refractivity contribution in [1.29, 1.82) is 5.26 Å². The van der Waals surface area contributed by atoms with Crippen LogP contribution >= 0.6 is 0 Å². The van der Waals surface area contributed by atoms with Crippen LogP contribution < -0.4 is 5.43 Å². The first-order valence-electron chi connectivity index (χ1n) is 15.5. The number of rotatable bonds is 2. The maximum atomic E-state index is 14.6. The molecule has 6 rings (SSSR count). The summed E-state index contributed by atoms with van der Waals surface area (Å²) in [6.07, 6.45) is 11.4. The normalized spacial score (nSPS) is 45.4. The molecule has 0 bridgehead atoms. The van der Waals surface area contributed by atoms with Crippen LogP contribution in [0.4, 0.5) is 0 Å². The number of hydrogen-bond acceptors (Lipinski definition) is 5. The van der Waals surface area contributed by atoms with Crippen molar-refractivity contribution in [1.82, 2.24) is 10.4 Å². The Morgan fingerprint density at radius 1 is 1.00 bits per heavy atom. The SMILES string of the molecule is CC1(C)CC[C@]2(CN3NCCC3=O)CC[C@]3(C)[C@H](C(=O)C=C4[C@@]5(C)C=C(C#N)C(=O)C(C)(C)C5CC[C@]43C)[C@@H]2C1. The number of nitrogens with zero attached hydrogens (tertiary/aromatic N) is 2. The largest absolute Gasteiger partial charge is 0.295 e. The first-order chi connectivity index (χ1) is 18.5. The molecule has 1 saturated heterocycles. The number of nitriles is 1. The van der Waals surface area contributed by atoms with E-state index in [0.29, 0.717) is 19.5 Å². The Hall–Kier alpha value is -2.26. The smallest absolute Gasteiger partial charge is 0.238 e. The van der Waals surface area contributed by atoms with Crippen LogP contribution in [0.3, 0.4) is 0 Å². The molecular formula is C34H47N3O3. The van der Waals surface area contributed by atoms with Gasteiger partial charge in [-0.3, -0.25) is 19.4 Å². The highest BCUT2D eigenvalue weighted by Gasteiger charge is 2.70. The molecule has 1 unspecified atom stereocenters. The number of allylic oxidation sites excluding steroid dienone is 4. The molecule has 1 N–H and O–H groups in total. The van der Waals surface area contributed by atoms with Gasteiger partial charge < -0.3 is 0 Å². The van der Waals surface area contributed by atoms with Crippen molar-refractivity contribution >= 4 is 17.5 Å². The number of carbonyl (C=O) groups excluding carboxylic acids is 3. The summed E-state index contributed by atoms with van der Waals surface area (Å²) in [6, 6.07) is 2.20. The van der Waals surface area contributed by atoms with E-state index in [0.717, 1.165) is 50.5 Å². The summed E-state index contributed by atoms with van der Waals surface area (Å²) in [5, 5.41) is 11.8. The number of amides is 1. The molecule has 216 valence electrons. The van der Waals surface area contributed by atoms with Crippen molar-refractivity contribution in [2.75, 3.05) is 13.1 Å². The fourth-order valence-electron chi connectivity index (χ4n) is 11.0. The molecule has 0 radical (unpaired) electrons. The Morgan fingerprint density at radius 2 is 1.70 bits per heavy atom. The van der Waals surface area contributed by atoms with Crippen LogP contribution in [-0.4, -0.2) is 35.6 Å². The number of hydrazine groups is 1. The van der Waals surface area contributed by atoms with Gasteiger partial charge in [0.2, 0.25) is 5.91 Å². The summed E-state index contributed by atoms with van der Waals surface area (Å²) in [5.74, 6) is 0.518. The summed E-state index contributed by atoms with van der Waals surface area (Å²) >= 11 is 0. The van der Waals surface area contributed by atoms with Crippen LogP contribution in [0.1, 0.15) is 99.8 Å². The molecule has 3 saturated carbocycles. The first kappa shape index (κ1) is 27.9. The van der Waals surface area contributed by atoms with Crippen molar-refractivity contribution in [3.05, 3.63) is 23.3 Å². The maximum absolute atomic E-state index is 14.6. The van der Waals surface area contributed by atoms with Gasteiger partial charge in [0, 0.05) is 36.3 Å². The molecule has 1 aliphatic heterocycles. The molecule has 6 heteroatoms. The van der Waals surface area contributed by atoms with Crippen LogP contribution in [0.2, 0.25) is 0 Å². The average Bonchev–Trinajstić information content (AvgIpc) is 3.27. The van der Waals surface area contributed by atoms with E-state index in [4.69, 9.17) is 0 Å². The number of carbonyl (C=O) groups is 3. The van der Waals surface area contributed by atoms with Gasteiger partial charge >= 0.3 is 0 Å². The third kappa shape index (κ3) is 3.45. The molecule has 6 nitrogen and oxygen atoms in total. The van der Waals surface area contributed by atoms with Gasteiger partial charge in [-0.25, -0.2) is 5.43 Å². The van der Waals surface area contributed by atoms with Crippen LogP contribution in [-0.2, 0) is 14.4 Å². The van der Waals surface area contributed by atoms with E-state index in [2.05, 4.69) is 46.1 Å². The molecular weight excluding hydrogens is 498 g/mol. The second-order valence-electron chi connectivity index (χ2n) is 16.3. The van der Waals surface area contributed by atoms with E-state index in [-0.39, 0.29) is 62.5 Å². The molecule has 1 amide bonds. The van der Waals surface area contributed by atoms with E-state index in [1.807, 2.05) is 31.0 Å². The van der Waals surface area contributed by atoms with Gasteiger partial charge in [-0.1, -0.05) is 60.1 Å². The zero-order valence-corrected chi connectivity index (χ0v) is 25.6. The van der Waals surface area contributed by atoms with E-state index >= 15 is 0 Å². The number of fused-ring (bicyclic) bond motifs is 7. The summed E-state index contributed by atoms with van der Waals surface area (Å²) in [4.78, 5) is 40.6. The Balaban J connectivity index is 1.48. The third-order valence-electron chi connectivity index (χ3n) is 13.5. The molecule has 4 fully saturated rings. The lowest BCUT2D eigenvalue weighted by molar-refractivity contribution is -0.176. The highest BCUT2D eigenvalue weighted by molar-refractivity contribution is 6.04. The summed E-state index contributed by atoms with van der Waals surface area (Å²) < 4.78 is 0. The number of ketones is 2. The van der Waals surface area contributed by atoms with Gasteiger partial charge in [0.1, 0.15) is 6.07 Å². The lowest BCUT2D eigenvalue weighted by Crippen LogP contribution is -2.66. The maximum Gasteiger partial charge on any atom is 0.238 e. The Kier molecular flexibility index (Phi) is 5.86. The highest BCUT2D eigenvalue weighted by Crippen LogP contribution is 2.74. The fraction of sp³-hybridized carbons (Fsp3) is 0.765. The number of hydrogen-bond donors (Lipinski definition) is 1. The highest BCUT2D eigenvalue weighted by atomic mass is 16.2. The first-order valence-corrected chi connectivity index (χ1v) is 15.5. The molecule has 0 aromatic carbocycles. The lowest BCUT2D eigenvalue weighted by atomic mass is 9.34. The summed E-state index contributed by atoms with van der Waals surface area (Å²) in [7, 11) is 0. The van der Waals surface area contributed by atoms with Crippen molar-refractivity contribution in [3.8, 4) is 6.07 Å². The van der Waals surface area contributed by atoms with E-state index in [1.165, 1.54) is 0 Å². The van der Waals surface area contributed by atoms with Crippen LogP contribution in [0.5, 0.6) is 0 Å². The van der Waals surface area contributed by atoms with E-state index in [9.17, 15) is 19.6 Å². The van der Waals surface area contributed by atoms with Crippen LogP contribution in [0.15, 0.2) is 23.3 Å². The Labute approximate surface area is 240 Å². The van der Waals surface area contributed by atoms with E-state index in [1.54, 1.807) is 0 Å². The molecule has 0 aromatic rings. The van der Waals surface area contributed by atoms with Crippen LogP contribution in [0, 0.1) is 61.6 Å². The summed E-state index contributed by atoms with van der Waals surface area (Å²) in [6.45, 7) is 17.0. The van der Waals surface area contributed by atoms with Crippen molar-refractivity contribution in [2.24, 2.45) is 50.2 Å². The quantitative estimate of drug-likeness (QED) is 0.464. The average molecular weight is 546 g/mol. The zero-order valence-electron chi connectivity index (χ0n) is 25.6. The van der Waals surface area contributed by atoms with Gasteiger partial charge in [0.15, 0.2) is 11.6 Å². The monoisotopic (exact) mass is 545 g/mol. The number of Topliss-reactive ketones (excluding diaryl/α,β-unsaturated/α-hetero) is 1. The number of nitrogens with one attached hydrogen (secondary N) is 1. The summed E-state index contributed by atoms with van der Waals surface area (Å²) in [5.41, 5.74) is 3.23. The molecule has 6 aliphatic rings. The van der Waals surface area contributed by atoms with Gasteiger partial charge in [-0.2, -0.15) is 5.26 Å². The fourth-order valence-corrected chi connectivity index (χ4v) is 11.0. The predicted molar refractivity (Wildman–Crippen MR) is 153 cm³/mol. The zero-order chi connectivity index (χ0) is 29.1. The van der Waals surface area contributed by atoms with Crippen molar-refractivity contribution in [2.45, 2.75) is 99.8 Å². The van der Waals surface area contributed by atoms with Gasteiger partial charge in [0.25, 0.3) is 0 Å². The minimum atomic E-state index is -0.651. The minimum Gasteiger partial charge on any atom is -0.295 e. The van der Waals surface area contributed by atoms with Crippen molar-refractivity contribution in [3.63, 3.8) is 0 Å². The molecule has 1 heterocycles. The predicted octanol–water partition coefficient (Wildman–Crippen LogP) is 5.94. The second-order valence-corrected chi connectivity index (χ2v) is 16.3. The van der Waals surface area contributed by atoms with Crippen molar-refractivity contribution < 1.29 is 14.4 Å². The Morgan fingerprint density at radius 3 is 2.35 bits per heavy atom. The topological polar surface area (TPSA) is 90.3 Å². The molecule has 5 aliphatic carbocycles. The molecule has 40 heavy (non-hydrogen) atoms. The minimum absolute atomic E-state index is 0.0559. The third-order valence-corrected chi connectivity index (χ3v) is 13.5. The van der Waals surface area contributed by atoms with Gasteiger partial charge in [-0.15, -0.1) is 0 Å². The standard InChI is InChI=1S/C34H47N3O3/c1-29(2)11-13-34(20-37-26(39)9-15-36-37)14-12-33(7)27(22(34)18-29)23(38)16-25-31(5)17-21(19-35)28(40)30(3,4)24(31)8-10-32(25,33)6/h16-17,22,24,27,36H,8-15,18,20H2,1-7H3/t22-,24?,27-,31-,32+,33+,34+/m0/s1. The Bertz CT molecular complexity index is 1300. The molecule has 0 aromatic heterocycles.